The summed E-state index contributed by atoms with van der Waals surface area (Å²) in [5.74, 6) is 0. The molecule has 15 heavy (non-hydrogen) atoms. The smallest absolute Gasteiger partial charge is 0.0223 e. The van der Waals surface area contributed by atoms with Crippen LogP contribution in [0.15, 0.2) is 0 Å². The van der Waals surface area contributed by atoms with Gasteiger partial charge in [0.2, 0.25) is 0 Å². The lowest BCUT2D eigenvalue weighted by molar-refractivity contribution is 0.243. The zero-order valence-corrected chi connectivity index (χ0v) is 10.6. The summed E-state index contributed by atoms with van der Waals surface area (Å²) in [5, 5.41) is 3.41. The fourth-order valence-electron chi connectivity index (χ4n) is 2.19. The van der Waals surface area contributed by atoms with Gasteiger partial charge in [-0.2, -0.15) is 0 Å². The minimum Gasteiger partial charge on any atom is -0.324 e. The van der Waals surface area contributed by atoms with Gasteiger partial charge in [-0.15, -0.1) is 0 Å². The molecule has 0 heterocycles. The summed E-state index contributed by atoms with van der Waals surface area (Å²) in [6, 6.07) is 0.831. The molecule has 1 saturated carbocycles. The number of hydrogen-bond donors (Lipinski definition) is 2. The lowest BCUT2D eigenvalue weighted by Crippen LogP contribution is -2.45. The first-order chi connectivity index (χ1) is 6.99. The second-order valence-corrected chi connectivity index (χ2v) is 5.58. The highest BCUT2D eigenvalue weighted by atomic mass is 15.1. The maximum Gasteiger partial charge on any atom is 0.0223 e. The van der Waals surface area contributed by atoms with E-state index in [0.29, 0.717) is 0 Å². The Morgan fingerprint density at radius 1 is 1.33 bits per heavy atom. The Balaban J connectivity index is 2.04. The van der Waals surface area contributed by atoms with Crippen LogP contribution in [-0.4, -0.2) is 43.2 Å². The van der Waals surface area contributed by atoms with E-state index < -0.39 is 0 Å². The predicted molar refractivity (Wildman–Crippen MR) is 66.0 cm³/mol. The molecule has 1 aliphatic carbocycles. The zero-order valence-electron chi connectivity index (χ0n) is 10.6. The minimum atomic E-state index is -0.0913. The number of rotatable bonds is 6. The number of hydrogen-bond acceptors (Lipinski definition) is 3. The van der Waals surface area contributed by atoms with Crippen LogP contribution >= 0.6 is 0 Å². The van der Waals surface area contributed by atoms with E-state index in [1.165, 1.54) is 25.7 Å². The van der Waals surface area contributed by atoms with E-state index in [0.717, 1.165) is 25.7 Å². The van der Waals surface area contributed by atoms with E-state index in [1.54, 1.807) is 0 Å². The van der Waals surface area contributed by atoms with Gasteiger partial charge in [0, 0.05) is 31.2 Å². The van der Waals surface area contributed by atoms with Crippen molar-refractivity contribution in [3.05, 3.63) is 0 Å². The van der Waals surface area contributed by atoms with Crippen LogP contribution in [0.3, 0.4) is 0 Å². The highest BCUT2D eigenvalue weighted by Crippen LogP contribution is 2.21. The predicted octanol–water partition coefficient (Wildman–Crippen LogP) is 1.19. The molecule has 0 aromatic rings. The van der Waals surface area contributed by atoms with Crippen molar-refractivity contribution < 1.29 is 0 Å². The first-order valence-corrected chi connectivity index (χ1v) is 6.19. The molecule has 1 rings (SSSR count). The Morgan fingerprint density at radius 3 is 2.47 bits per heavy atom. The SMILES string of the molecule is CN(CCNCC(C)(C)N)C1CCCC1. The molecule has 90 valence electrons. The molecule has 0 amide bonds. The van der Waals surface area contributed by atoms with Crippen LogP contribution in [0.25, 0.3) is 0 Å². The highest BCUT2D eigenvalue weighted by Gasteiger charge is 2.18. The molecular weight excluding hydrogens is 186 g/mol. The van der Waals surface area contributed by atoms with Crippen molar-refractivity contribution in [1.82, 2.24) is 10.2 Å². The second kappa shape index (κ2) is 5.83. The van der Waals surface area contributed by atoms with Crippen molar-refractivity contribution >= 4 is 0 Å². The first-order valence-electron chi connectivity index (χ1n) is 6.19. The molecule has 3 nitrogen and oxygen atoms in total. The third kappa shape index (κ3) is 5.50. The summed E-state index contributed by atoms with van der Waals surface area (Å²) < 4.78 is 0. The maximum atomic E-state index is 5.90. The quantitative estimate of drug-likeness (QED) is 0.651. The monoisotopic (exact) mass is 213 g/mol. The zero-order chi connectivity index (χ0) is 11.3. The van der Waals surface area contributed by atoms with Crippen LogP contribution in [0.1, 0.15) is 39.5 Å². The van der Waals surface area contributed by atoms with E-state index in [2.05, 4.69) is 31.1 Å². The fraction of sp³-hybridized carbons (Fsp3) is 1.00. The van der Waals surface area contributed by atoms with Gasteiger partial charge in [0.15, 0.2) is 0 Å². The Hall–Kier alpha value is -0.120. The van der Waals surface area contributed by atoms with Crippen LogP contribution < -0.4 is 11.1 Å². The summed E-state index contributed by atoms with van der Waals surface area (Å²) >= 11 is 0. The Morgan fingerprint density at radius 2 is 1.93 bits per heavy atom. The number of likely N-dealkylation sites (N-methyl/N-ethyl adjacent to an activating group) is 1. The van der Waals surface area contributed by atoms with Crippen LogP contribution in [-0.2, 0) is 0 Å². The number of nitrogens with one attached hydrogen (secondary N) is 1. The van der Waals surface area contributed by atoms with Gasteiger partial charge in [-0.3, -0.25) is 0 Å². The van der Waals surface area contributed by atoms with Gasteiger partial charge in [-0.25, -0.2) is 0 Å². The molecule has 0 aromatic carbocycles. The van der Waals surface area contributed by atoms with Gasteiger partial charge in [-0.1, -0.05) is 12.8 Å². The van der Waals surface area contributed by atoms with Gasteiger partial charge >= 0.3 is 0 Å². The van der Waals surface area contributed by atoms with Crippen molar-refractivity contribution in [2.24, 2.45) is 5.73 Å². The van der Waals surface area contributed by atoms with Crippen molar-refractivity contribution in [1.29, 1.82) is 0 Å². The molecule has 0 bridgehead atoms. The Bertz CT molecular complexity index is 168. The minimum absolute atomic E-state index is 0.0913. The molecule has 0 saturated heterocycles. The van der Waals surface area contributed by atoms with E-state index in [-0.39, 0.29) is 5.54 Å². The summed E-state index contributed by atoms with van der Waals surface area (Å²) in [6.45, 7) is 7.20. The van der Waals surface area contributed by atoms with Crippen LogP contribution in [0.2, 0.25) is 0 Å². The molecule has 0 unspecified atom stereocenters. The summed E-state index contributed by atoms with van der Waals surface area (Å²) in [6.07, 6.45) is 5.61. The molecule has 3 heteroatoms. The van der Waals surface area contributed by atoms with Crippen LogP contribution in [0.4, 0.5) is 0 Å². The number of nitrogens with zero attached hydrogens (tertiary/aromatic N) is 1. The Labute approximate surface area is 94.4 Å². The van der Waals surface area contributed by atoms with E-state index in [9.17, 15) is 0 Å². The van der Waals surface area contributed by atoms with Crippen molar-refractivity contribution in [2.75, 3.05) is 26.7 Å². The third-order valence-electron chi connectivity index (χ3n) is 3.17. The largest absolute Gasteiger partial charge is 0.324 e. The van der Waals surface area contributed by atoms with Crippen molar-refractivity contribution in [3.63, 3.8) is 0 Å². The van der Waals surface area contributed by atoms with E-state index >= 15 is 0 Å². The van der Waals surface area contributed by atoms with Gasteiger partial charge in [-0.05, 0) is 33.7 Å². The standard InChI is InChI=1S/C12H27N3/c1-12(2,13)10-14-8-9-15(3)11-6-4-5-7-11/h11,14H,4-10,13H2,1-3H3. The molecule has 3 N–H and O–H groups in total. The van der Waals surface area contributed by atoms with E-state index in [4.69, 9.17) is 5.73 Å². The van der Waals surface area contributed by atoms with Crippen molar-refractivity contribution in [2.45, 2.75) is 51.1 Å². The summed E-state index contributed by atoms with van der Waals surface area (Å²) in [7, 11) is 2.24. The van der Waals surface area contributed by atoms with Gasteiger partial charge in [0.1, 0.15) is 0 Å². The first kappa shape index (κ1) is 12.9. The molecule has 1 fully saturated rings. The summed E-state index contributed by atoms with van der Waals surface area (Å²) in [4.78, 5) is 2.49. The van der Waals surface area contributed by atoms with Gasteiger partial charge in [0.25, 0.3) is 0 Å². The molecule has 0 atom stereocenters. The molecule has 1 aliphatic rings. The number of nitrogens with two attached hydrogens (primary N) is 1. The molecule has 0 aromatic heterocycles. The van der Waals surface area contributed by atoms with E-state index in [1.807, 2.05) is 0 Å². The lowest BCUT2D eigenvalue weighted by atomic mass is 10.1. The molecule has 0 radical (unpaired) electrons. The molecule has 0 aliphatic heterocycles. The average molecular weight is 213 g/mol. The van der Waals surface area contributed by atoms with Gasteiger partial charge < -0.3 is 16.0 Å². The normalized spacial score (nSPS) is 19.0. The third-order valence-corrected chi connectivity index (χ3v) is 3.17. The molecule has 0 spiro atoms. The second-order valence-electron chi connectivity index (χ2n) is 5.58. The highest BCUT2D eigenvalue weighted by molar-refractivity contribution is 4.77. The van der Waals surface area contributed by atoms with Crippen molar-refractivity contribution in [3.8, 4) is 0 Å². The average Bonchev–Trinajstić information content (AvgIpc) is 2.63. The topological polar surface area (TPSA) is 41.3 Å². The lowest BCUT2D eigenvalue weighted by Gasteiger charge is -2.25. The Kier molecular flexibility index (Phi) is 5.03. The molecular formula is C12H27N3. The van der Waals surface area contributed by atoms with Gasteiger partial charge in [0.05, 0.1) is 0 Å². The van der Waals surface area contributed by atoms with Crippen LogP contribution in [0, 0.1) is 0 Å². The maximum absolute atomic E-state index is 5.90. The fourth-order valence-corrected chi connectivity index (χ4v) is 2.19. The summed E-state index contributed by atoms with van der Waals surface area (Å²) in [5.41, 5.74) is 5.81. The van der Waals surface area contributed by atoms with Crippen LogP contribution in [0.5, 0.6) is 0 Å².